The molecule has 0 fully saturated rings. The molecule has 13 heteroatoms. The number of carbonyl (C=O) groups is 1. The average Bonchev–Trinajstić information content (AvgIpc) is 3.32. The van der Waals surface area contributed by atoms with Gasteiger partial charge in [0.2, 0.25) is 0 Å². The van der Waals surface area contributed by atoms with Crippen LogP contribution in [-0.4, -0.2) is 20.7 Å². The van der Waals surface area contributed by atoms with E-state index in [9.17, 15) is 35.5 Å². The molecule has 2 heterocycles. The van der Waals surface area contributed by atoms with Gasteiger partial charge in [0.25, 0.3) is 5.91 Å². The third kappa shape index (κ3) is 4.86. The molecule has 0 spiro atoms. The second-order valence-corrected chi connectivity index (χ2v) is 7.19. The molecule has 0 radical (unpaired) electrons. The van der Waals surface area contributed by atoms with Crippen molar-refractivity contribution in [1.29, 1.82) is 0 Å². The second kappa shape index (κ2) is 8.29. The highest BCUT2D eigenvalue weighted by Gasteiger charge is 2.41. The number of halogens is 7. The highest BCUT2D eigenvalue weighted by molar-refractivity contribution is 7.09. The zero-order valence-electron chi connectivity index (χ0n) is 15.6. The van der Waals surface area contributed by atoms with Crippen LogP contribution in [0.3, 0.4) is 0 Å². The Hall–Kier alpha value is -2.96. The first-order valence-electron chi connectivity index (χ1n) is 8.66. The molecule has 31 heavy (non-hydrogen) atoms. The van der Waals surface area contributed by atoms with Gasteiger partial charge in [-0.1, -0.05) is 13.0 Å². The Bertz CT molecular complexity index is 1090. The summed E-state index contributed by atoms with van der Waals surface area (Å²) in [6, 6.07) is 3.15. The SMILES string of the molecule is CCC(NC(=O)c1cnn(-c2cccc(F)c2)c1C(F)(F)F)c1nc(C(F)(F)F)cs1. The number of aromatic nitrogens is 3. The van der Waals surface area contributed by atoms with Crippen LogP contribution < -0.4 is 5.32 Å². The van der Waals surface area contributed by atoms with Crippen molar-refractivity contribution in [2.45, 2.75) is 31.7 Å². The van der Waals surface area contributed by atoms with E-state index in [2.05, 4.69) is 15.4 Å². The molecule has 5 nitrogen and oxygen atoms in total. The number of nitrogens with zero attached hydrogens (tertiary/aromatic N) is 3. The van der Waals surface area contributed by atoms with Gasteiger partial charge < -0.3 is 5.32 Å². The molecular weight excluding hydrogens is 453 g/mol. The van der Waals surface area contributed by atoms with Crippen LogP contribution in [0.25, 0.3) is 5.69 Å². The summed E-state index contributed by atoms with van der Waals surface area (Å²) in [7, 11) is 0. The van der Waals surface area contributed by atoms with Crippen molar-refractivity contribution in [3.05, 3.63) is 63.6 Å². The van der Waals surface area contributed by atoms with Gasteiger partial charge in [0.1, 0.15) is 10.8 Å². The van der Waals surface area contributed by atoms with E-state index in [-0.39, 0.29) is 17.1 Å². The lowest BCUT2D eigenvalue weighted by molar-refractivity contribution is -0.143. The number of benzene rings is 1. The van der Waals surface area contributed by atoms with Crippen molar-refractivity contribution in [1.82, 2.24) is 20.1 Å². The third-order valence-corrected chi connectivity index (χ3v) is 5.12. The summed E-state index contributed by atoms with van der Waals surface area (Å²) in [6.45, 7) is 1.53. The summed E-state index contributed by atoms with van der Waals surface area (Å²) >= 11 is 0.629. The molecule has 1 amide bonds. The molecule has 0 saturated heterocycles. The molecule has 1 unspecified atom stereocenters. The number of rotatable bonds is 5. The van der Waals surface area contributed by atoms with Crippen LogP contribution in [0.1, 0.15) is 46.1 Å². The van der Waals surface area contributed by atoms with Gasteiger partial charge in [0, 0.05) is 5.38 Å². The average molecular weight is 466 g/mol. The Labute approximate surface area is 174 Å². The molecule has 3 rings (SSSR count). The maximum atomic E-state index is 13.7. The summed E-state index contributed by atoms with van der Waals surface area (Å²) in [5.41, 5.74) is -3.72. The monoisotopic (exact) mass is 466 g/mol. The molecule has 0 bridgehead atoms. The number of nitrogens with one attached hydrogen (secondary N) is 1. The highest BCUT2D eigenvalue weighted by atomic mass is 32.1. The normalized spacial score (nSPS) is 13.3. The minimum atomic E-state index is -5.03. The molecule has 0 aliphatic carbocycles. The zero-order valence-corrected chi connectivity index (χ0v) is 16.4. The Morgan fingerprint density at radius 3 is 2.45 bits per heavy atom. The van der Waals surface area contributed by atoms with Crippen molar-refractivity contribution in [3.8, 4) is 5.69 Å². The van der Waals surface area contributed by atoms with E-state index >= 15 is 0 Å². The maximum absolute atomic E-state index is 13.7. The summed E-state index contributed by atoms with van der Waals surface area (Å²) in [5.74, 6) is -2.01. The molecule has 0 saturated carbocycles. The largest absolute Gasteiger partial charge is 0.434 e. The van der Waals surface area contributed by atoms with E-state index in [1.165, 1.54) is 19.1 Å². The summed E-state index contributed by atoms with van der Waals surface area (Å²) in [5, 5.41) is 6.49. The zero-order chi connectivity index (χ0) is 23.0. The Balaban J connectivity index is 1.95. The van der Waals surface area contributed by atoms with E-state index in [1.807, 2.05) is 0 Å². The van der Waals surface area contributed by atoms with Crippen LogP contribution in [0.15, 0.2) is 35.8 Å². The highest BCUT2D eigenvalue weighted by Crippen LogP contribution is 2.35. The van der Waals surface area contributed by atoms with Crippen molar-refractivity contribution in [3.63, 3.8) is 0 Å². The topological polar surface area (TPSA) is 59.8 Å². The third-order valence-electron chi connectivity index (χ3n) is 4.16. The van der Waals surface area contributed by atoms with E-state index in [1.54, 1.807) is 0 Å². The van der Waals surface area contributed by atoms with E-state index in [0.29, 0.717) is 22.2 Å². The maximum Gasteiger partial charge on any atom is 0.434 e. The summed E-state index contributed by atoms with van der Waals surface area (Å²) in [6.07, 6.45) is -8.97. The number of hydrogen-bond donors (Lipinski definition) is 1. The second-order valence-electron chi connectivity index (χ2n) is 6.30. The standard InChI is InChI=1S/C18H13F7N4OS/c1-2-12(16-28-13(8-31-16)17(20,21)22)27-15(30)11-7-26-29(14(11)18(23,24)25)10-5-3-4-9(19)6-10/h3-8,12H,2H2,1H3,(H,27,30). The summed E-state index contributed by atoms with van der Waals surface area (Å²) < 4.78 is 93.2. The molecule has 1 aromatic carbocycles. The fourth-order valence-corrected chi connectivity index (χ4v) is 3.70. The van der Waals surface area contributed by atoms with Crippen molar-refractivity contribution in [2.75, 3.05) is 0 Å². The van der Waals surface area contributed by atoms with E-state index < -0.39 is 47.1 Å². The van der Waals surface area contributed by atoms with Crippen LogP contribution in [0, 0.1) is 5.82 Å². The van der Waals surface area contributed by atoms with Crippen LogP contribution in [0.4, 0.5) is 30.7 Å². The van der Waals surface area contributed by atoms with Crippen molar-refractivity contribution < 1.29 is 35.5 Å². The first kappa shape index (κ1) is 22.7. The number of thiazole rings is 1. The van der Waals surface area contributed by atoms with Gasteiger partial charge in [-0.3, -0.25) is 4.79 Å². The molecule has 1 N–H and O–H groups in total. The molecule has 0 aliphatic heterocycles. The fourth-order valence-electron chi connectivity index (χ4n) is 2.74. The number of hydrogen-bond acceptors (Lipinski definition) is 4. The van der Waals surface area contributed by atoms with Gasteiger partial charge >= 0.3 is 12.4 Å². The molecule has 0 aliphatic rings. The van der Waals surface area contributed by atoms with Crippen LogP contribution >= 0.6 is 11.3 Å². The minimum absolute atomic E-state index is 0.0793. The quantitative estimate of drug-likeness (QED) is 0.514. The number of alkyl halides is 6. The molecule has 3 aromatic rings. The van der Waals surface area contributed by atoms with Crippen LogP contribution in [-0.2, 0) is 12.4 Å². The van der Waals surface area contributed by atoms with Gasteiger partial charge in [0.05, 0.1) is 23.5 Å². The van der Waals surface area contributed by atoms with E-state index in [4.69, 9.17) is 0 Å². The Morgan fingerprint density at radius 1 is 1.19 bits per heavy atom. The smallest absolute Gasteiger partial charge is 0.343 e. The number of carbonyl (C=O) groups excluding carboxylic acids is 1. The van der Waals surface area contributed by atoms with Gasteiger partial charge in [-0.2, -0.15) is 31.4 Å². The molecular formula is C18H13F7N4OS. The van der Waals surface area contributed by atoms with Gasteiger partial charge in [-0.15, -0.1) is 11.3 Å². The fraction of sp³-hybridized carbons (Fsp3) is 0.278. The predicted molar refractivity (Wildman–Crippen MR) is 96.1 cm³/mol. The summed E-state index contributed by atoms with van der Waals surface area (Å²) in [4.78, 5) is 16.0. The first-order valence-corrected chi connectivity index (χ1v) is 9.54. The van der Waals surface area contributed by atoms with Crippen molar-refractivity contribution >= 4 is 17.2 Å². The lowest BCUT2D eigenvalue weighted by Crippen LogP contribution is -2.30. The lowest BCUT2D eigenvalue weighted by Gasteiger charge is -2.16. The van der Waals surface area contributed by atoms with Gasteiger partial charge in [0.15, 0.2) is 11.4 Å². The molecule has 2 aromatic heterocycles. The molecule has 1 atom stereocenters. The Kier molecular flexibility index (Phi) is 6.07. The first-order chi connectivity index (χ1) is 14.4. The molecule has 166 valence electrons. The number of amides is 1. The minimum Gasteiger partial charge on any atom is -0.343 e. The van der Waals surface area contributed by atoms with Crippen molar-refractivity contribution in [2.24, 2.45) is 0 Å². The predicted octanol–water partition coefficient (Wildman–Crippen LogP) is 5.39. The van der Waals surface area contributed by atoms with Gasteiger partial charge in [-0.25, -0.2) is 14.1 Å². The van der Waals surface area contributed by atoms with Gasteiger partial charge in [-0.05, 0) is 24.6 Å². The van der Waals surface area contributed by atoms with E-state index in [0.717, 1.165) is 17.5 Å². The Morgan fingerprint density at radius 2 is 1.90 bits per heavy atom. The van der Waals surface area contributed by atoms with Crippen LogP contribution in [0.5, 0.6) is 0 Å². The lowest BCUT2D eigenvalue weighted by atomic mass is 10.1. The van der Waals surface area contributed by atoms with Crippen LogP contribution in [0.2, 0.25) is 0 Å².